The molecule has 0 aliphatic rings. The van der Waals surface area contributed by atoms with E-state index in [9.17, 15) is 0 Å². The summed E-state index contributed by atoms with van der Waals surface area (Å²) in [6, 6.07) is 43.5. The van der Waals surface area contributed by atoms with Gasteiger partial charge in [-0.25, -0.2) is 0 Å². The maximum Gasteiger partial charge on any atom is 0.159 e. The van der Waals surface area contributed by atoms with Crippen LogP contribution in [-0.2, 0) is 0 Å². The molecule has 0 saturated carbocycles. The number of fused-ring (bicyclic) bond motifs is 3. The average molecular weight is 474 g/mol. The van der Waals surface area contributed by atoms with Crippen LogP contribution in [0.25, 0.3) is 54.3 Å². The maximum absolute atomic E-state index is 6.52. The van der Waals surface area contributed by atoms with Crippen molar-refractivity contribution in [2.45, 2.75) is 6.92 Å². The molecule has 8 aromatic rings. The van der Waals surface area contributed by atoms with Crippen molar-refractivity contribution in [3.05, 3.63) is 127 Å². The lowest BCUT2D eigenvalue weighted by molar-refractivity contribution is 0.669. The Morgan fingerprint density at radius 3 is 2.08 bits per heavy atom. The zero-order valence-electron chi connectivity index (χ0n) is 20.4. The molecule has 7 aromatic carbocycles. The molecule has 1 heterocycles. The van der Waals surface area contributed by atoms with Crippen molar-refractivity contribution >= 4 is 71.3 Å². The van der Waals surface area contributed by atoms with Gasteiger partial charge < -0.3 is 9.32 Å². The van der Waals surface area contributed by atoms with Gasteiger partial charge in [0.25, 0.3) is 0 Å². The number of aryl methyl sites for hydroxylation is 1. The Morgan fingerprint density at radius 1 is 0.514 bits per heavy atom. The van der Waals surface area contributed by atoms with Gasteiger partial charge in [-0.1, -0.05) is 91.0 Å². The summed E-state index contributed by atoms with van der Waals surface area (Å²) >= 11 is 0. The maximum atomic E-state index is 6.52. The number of hydrogen-bond donors (Lipinski definition) is 0. The predicted molar refractivity (Wildman–Crippen MR) is 157 cm³/mol. The second-order valence-corrected chi connectivity index (χ2v) is 9.87. The largest absolute Gasteiger partial charge is 0.454 e. The zero-order chi connectivity index (χ0) is 24.5. The van der Waals surface area contributed by atoms with Gasteiger partial charge in [0.15, 0.2) is 5.58 Å². The SMILES string of the molecule is Cc1cccc(N(c2ccc3ccc4cccc5ccc2c3c45)c2cccc3c2oc2ccccc23)c1. The number of anilines is 3. The fourth-order valence-corrected chi connectivity index (χ4v) is 6.00. The highest BCUT2D eigenvalue weighted by atomic mass is 16.3. The molecule has 0 N–H and O–H groups in total. The van der Waals surface area contributed by atoms with Crippen LogP contribution in [0.2, 0.25) is 0 Å². The summed E-state index contributed by atoms with van der Waals surface area (Å²) in [5.74, 6) is 0. The minimum atomic E-state index is 0.899. The molecule has 0 radical (unpaired) electrons. The van der Waals surface area contributed by atoms with E-state index in [1.165, 1.54) is 37.9 Å². The van der Waals surface area contributed by atoms with Crippen molar-refractivity contribution in [3.8, 4) is 0 Å². The molecule has 0 spiro atoms. The molecule has 2 heteroatoms. The van der Waals surface area contributed by atoms with Gasteiger partial charge in [-0.15, -0.1) is 0 Å². The number of nitrogens with zero attached hydrogens (tertiary/aromatic N) is 1. The zero-order valence-corrected chi connectivity index (χ0v) is 20.4. The van der Waals surface area contributed by atoms with Gasteiger partial charge in [-0.05, 0) is 69.8 Å². The number of furan rings is 1. The van der Waals surface area contributed by atoms with Crippen LogP contribution in [0.15, 0.2) is 126 Å². The molecule has 0 saturated heterocycles. The lowest BCUT2D eigenvalue weighted by Crippen LogP contribution is -2.11. The third kappa shape index (κ3) is 2.93. The van der Waals surface area contributed by atoms with E-state index in [1.54, 1.807) is 0 Å². The summed E-state index contributed by atoms with van der Waals surface area (Å²) in [6.07, 6.45) is 0. The van der Waals surface area contributed by atoms with Crippen LogP contribution in [0, 0.1) is 6.92 Å². The van der Waals surface area contributed by atoms with Gasteiger partial charge in [0.1, 0.15) is 5.58 Å². The van der Waals surface area contributed by atoms with Gasteiger partial charge in [-0.2, -0.15) is 0 Å². The van der Waals surface area contributed by atoms with E-state index in [-0.39, 0.29) is 0 Å². The molecule has 0 bridgehead atoms. The number of para-hydroxylation sites is 2. The highest BCUT2D eigenvalue weighted by Gasteiger charge is 2.22. The van der Waals surface area contributed by atoms with E-state index < -0.39 is 0 Å². The van der Waals surface area contributed by atoms with Crippen molar-refractivity contribution in [3.63, 3.8) is 0 Å². The summed E-state index contributed by atoms with van der Waals surface area (Å²) in [4.78, 5) is 2.36. The summed E-state index contributed by atoms with van der Waals surface area (Å²) in [6.45, 7) is 2.15. The smallest absolute Gasteiger partial charge is 0.159 e. The van der Waals surface area contributed by atoms with Crippen molar-refractivity contribution in [2.24, 2.45) is 0 Å². The fraction of sp³-hybridized carbons (Fsp3) is 0.0286. The summed E-state index contributed by atoms with van der Waals surface area (Å²) < 4.78 is 6.52. The molecular formula is C35H23NO. The number of benzene rings is 7. The topological polar surface area (TPSA) is 16.4 Å². The minimum Gasteiger partial charge on any atom is -0.454 e. The van der Waals surface area contributed by atoms with Crippen LogP contribution in [0.5, 0.6) is 0 Å². The van der Waals surface area contributed by atoms with Gasteiger partial charge in [0.2, 0.25) is 0 Å². The Hall–Kier alpha value is -4.82. The third-order valence-corrected chi connectivity index (χ3v) is 7.63. The van der Waals surface area contributed by atoms with Crippen LogP contribution in [-0.4, -0.2) is 0 Å². The molecule has 0 aliphatic carbocycles. The summed E-state index contributed by atoms with van der Waals surface area (Å²) in [5, 5.41) is 9.93. The van der Waals surface area contributed by atoms with Crippen molar-refractivity contribution < 1.29 is 4.42 Å². The van der Waals surface area contributed by atoms with E-state index in [2.05, 4.69) is 121 Å². The number of rotatable bonds is 3. The Kier molecular flexibility index (Phi) is 4.18. The first-order valence-electron chi connectivity index (χ1n) is 12.7. The second kappa shape index (κ2) is 7.59. The molecule has 174 valence electrons. The average Bonchev–Trinajstić information content (AvgIpc) is 3.32. The Morgan fingerprint density at radius 2 is 1.22 bits per heavy atom. The van der Waals surface area contributed by atoms with E-state index in [0.717, 1.165) is 39.0 Å². The number of hydrogen-bond acceptors (Lipinski definition) is 2. The fourth-order valence-electron chi connectivity index (χ4n) is 6.00. The van der Waals surface area contributed by atoms with Crippen molar-refractivity contribution in [2.75, 3.05) is 4.90 Å². The van der Waals surface area contributed by atoms with Crippen LogP contribution in [0.1, 0.15) is 5.56 Å². The molecule has 0 fully saturated rings. The van der Waals surface area contributed by atoms with Crippen LogP contribution in [0.3, 0.4) is 0 Å². The molecule has 8 rings (SSSR count). The van der Waals surface area contributed by atoms with Gasteiger partial charge in [0, 0.05) is 21.8 Å². The van der Waals surface area contributed by atoms with Crippen LogP contribution < -0.4 is 4.90 Å². The lowest BCUT2D eigenvalue weighted by atomic mass is 9.93. The first-order chi connectivity index (χ1) is 18.3. The predicted octanol–water partition coefficient (Wildman–Crippen LogP) is 10.3. The summed E-state index contributed by atoms with van der Waals surface area (Å²) in [5.41, 5.74) is 6.32. The molecule has 0 atom stereocenters. The quantitative estimate of drug-likeness (QED) is 0.237. The molecule has 0 amide bonds. The lowest BCUT2D eigenvalue weighted by Gasteiger charge is -2.28. The van der Waals surface area contributed by atoms with E-state index >= 15 is 0 Å². The van der Waals surface area contributed by atoms with Gasteiger partial charge >= 0.3 is 0 Å². The molecule has 37 heavy (non-hydrogen) atoms. The minimum absolute atomic E-state index is 0.899. The van der Waals surface area contributed by atoms with Crippen molar-refractivity contribution in [1.82, 2.24) is 0 Å². The first kappa shape index (κ1) is 20.4. The molecule has 0 aliphatic heterocycles. The van der Waals surface area contributed by atoms with Gasteiger partial charge in [0.05, 0.1) is 11.4 Å². The van der Waals surface area contributed by atoms with E-state index in [4.69, 9.17) is 4.42 Å². The monoisotopic (exact) mass is 473 g/mol. The Labute approximate surface area is 214 Å². The Bertz CT molecular complexity index is 2100. The van der Waals surface area contributed by atoms with Gasteiger partial charge in [-0.3, -0.25) is 0 Å². The van der Waals surface area contributed by atoms with Crippen LogP contribution in [0.4, 0.5) is 17.1 Å². The molecule has 0 unspecified atom stereocenters. The molecular weight excluding hydrogens is 450 g/mol. The second-order valence-electron chi connectivity index (χ2n) is 9.87. The first-order valence-corrected chi connectivity index (χ1v) is 12.7. The standard InChI is InChI=1S/C35H23NO/c1-22-7-4-10-26(21-22)36(31-13-6-12-28-27-11-2-3-14-32(27)37-35(28)31)30-20-18-25-16-15-23-8-5-9-24-17-19-29(30)34(25)33(23)24/h2-21H,1H3. The third-order valence-electron chi connectivity index (χ3n) is 7.63. The highest BCUT2D eigenvalue weighted by molar-refractivity contribution is 6.26. The summed E-state index contributed by atoms with van der Waals surface area (Å²) in [7, 11) is 0. The van der Waals surface area contributed by atoms with Crippen LogP contribution >= 0.6 is 0 Å². The Balaban J connectivity index is 1.50. The highest BCUT2D eigenvalue weighted by Crippen LogP contribution is 2.46. The van der Waals surface area contributed by atoms with Crippen molar-refractivity contribution in [1.29, 1.82) is 0 Å². The van der Waals surface area contributed by atoms with E-state index in [0.29, 0.717) is 0 Å². The van der Waals surface area contributed by atoms with E-state index in [1.807, 2.05) is 12.1 Å². The molecule has 2 nitrogen and oxygen atoms in total. The normalized spacial score (nSPS) is 11.9. The molecule has 1 aromatic heterocycles.